The van der Waals surface area contributed by atoms with E-state index in [2.05, 4.69) is 10.9 Å². The summed E-state index contributed by atoms with van der Waals surface area (Å²) in [5, 5.41) is 0.909. The van der Waals surface area contributed by atoms with E-state index in [1.165, 1.54) is 25.7 Å². The maximum atomic E-state index is 12.4. The van der Waals surface area contributed by atoms with Gasteiger partial charge >= 0.3 is 5.91 Å². The van der Waals surface area contributed by atoms with Crippen LogP contribution in [0.1, 0.15) is 61.6 Å². The molecule has 0 radical (unpaired) electrons. The summed E-state index contributed by atoms with van der Waals surface area (Å²) in [7, 11) is 0. The summed E-state index contributed by atoms with van der Waals surface area (Å²) in [4.78, 5) is 24.8. The first-order chi connectivity index (χ1) is 12.1. The molecule has 3 rings (SSSR count). The maximum absolute atomic E-state index is 12.4. The van der Waals surface area contributed by atoms with E-state index in [1.807, 2.05) is 38.1 Å². The molecule has 2 amide bonds. The number of furan rings is 1. The monoisotopic (exact) mass is 342 g/mol. The highest BCUT2D eigenvalue weighted by Crippen LogP contribution is 2.31. The zero-order valence-electron chi connectivity index (χ0n) is 14.9. The molecule has 1 aromatic carbocycles. The van der Waals surface area contributed by atoms with Crippen molar-refractivity contribution in [1.29, 1.82) is 0 Å². The molecule has 5 nitrogen and oxygen atoms in total. The molecule has 25 heavy (non-hydrogen) atoms. The van der Waals surface area contributed by atoms with E-state index < -0.39 is 5.91 Å². The number of hydrogen-bond donors (Lipinski definition) is 2. The first-order valence-corrected chi connectivity index (χ1v) is 9.18. The van der Waals surface area contributed by atoms with Gasteiger partial charge in [0.1, 0.15) is 5.58 Å². The zero-order valence-corrected chi connectivity index (χ0v) is 14.9. The normalized spacial score (nSPS) is 16.1. The van der Waals surface area contributed by atoms with Crippen molar-refractivity contribution in [2.45, 2.75) is 52.4 Å². The number of carbonyl (C=O) groups is 2. The molecule has 0 aliphatic heterocycles. The van der Waals surface area contributed by atoms with Gasteiger partial charge in [0.2, 0.25) is 5.91 Å². The summed E-state index contributed by atoms with van der Waals surface area (Å²) >= 11 is 0. The third-order valence-electron chi connectivity index (χ3n) is 5.31. The van der Waals surface area contributed by atoms with E-state index in [-0.39, 0.29) is 17.6 Å². The molecule has 0 bridgehead atoms. The van der Waals surface area contributed by atoms with Gasteiger partial charge in [0.15, 0.2) is 5.76 Å². The molecule has 1 aliphatic rings. The number of hydrazine groups is 1. The van der Waals surface area contributed by atoms with Crippen LogP contribution in [0.3, 0.4) is 0 Å². The molecule has 1 aromatic heterocycles. The molecule has 1 heterocycles. The topological polar surface area (TPSA) is 71.3 Å². The van der Waals surface area contributed by atoms with E-state index in [0.29, 0.717) is 11.5 Å². The number of aryl methyl sites for hydroxylation is 1. The second kappa shape index (κ2) is 7.72. The number of fused-ring (bicyclic) bond motifs is 1. The Morgan fingerprint density at radius 2 is 1.92 bits per heavy atom. The van der Waals surface area contributed by atoms with Crippen molar-refractivity contribution in [1.82, 2.24) is 10.9 Å². The predicted molar refractivity (Wildman–Crippen MR) is 96.9 cm³/mol. The van der Waals surface area contributed by atoms with E-state index in [4.69, 9.17) is 4.42 Å². The lowest BCUT2D eigenvalue weighted by Gasteiger charge is -2.18. The largest absolute Gasteiger partial charge is 0.451 e. The Balaban J connectivity index is 1.60. The summed E-state index contributed by atoms with van der Waals surface area (Å²) in [5.74, 6) is 0.295. The van der Waals surface area contributed by atoms with Crippen molar-refractivity contribution >= 4 is 22.8 Å². The highest BCUT2D eigenvalue weighted by molar-refractivity contribution is 5.99. The lowest BCUT2D eigenvalue weighted by atomic mass is 9.91. The molecule has 0 spiro atoms. The van der Waals surface area contributed by atoms with E-state index in [0.717, 1.165) is 23.8 Å². The fourth-order valence-electron chi connectivity index (χ4n) is 3.78. The van der Waals surface area contributed by atoms with Crippen LogP contribution in [0.25, 0.3) is 11.0 Å². The lowest BCUT2D eigenvalue weighted by Crippen LogP contribution is -2.44. The van der Waals surface area contributed by atoms with Gasteiger partial charge in [-0.05, 0) is 31.7 Å². The molecule has 2 N–H and O–H groups in total. The molecular weight excluding hydrogens is 316 g/mol. The second-order valence-electron chi connectivity index (χ2n) is 6.99. The average Bonchev–Trinajstić information content (AvgIpc) is 3.25. The highest BCUT2D eigenvalue weighted by atomic mass is 16.3. The van der Waals surface area contributed by atoms with Gasteiger partial charge in [0, 0.05) is 16.9 Å². The number of nitrogens with one attached hydrogen (secondary N) is 2. The molecule has 134 valence electrons. The van der Waals surface area contributed by atoms with Crippen LogP contribution in [0, 0.1) is 18.8 Å². The molecule has 1 aliphatic carbocycles. The van der Waals surface area contributed by atoms with Gasteiger partial charge in [0.05, 0.1) is 0 Å². The van der Waals surface area contributed by atoms with Gasteiger partial charge in [-0.15, -0.1) is 0 Å². The van der Waals surface area contributed by atoms with Crippen LogP contribution < -0.4 is 10.9 Å². The molecule has 0 saturated heterocycles. The van der Waals surface area contributed by atoms with Gasteiger partial charge in [-0.2, -0.15) is 0 Å². The minimum atomic E-state index is -0.419. The van der Waals surface area contributed by atoms with Crippen molar-refractivity contribution in [3.8, 4) is 0 Å². The summed E-state index contributed by atoms with van der Waals surface area (Å²) in [6.07, 6.45) is 6.65. The van der Waals surface area contributed by atoms with Gasteiger partial charge in [-0.25, -0.2) is 0 Å². The van der Waals surface area contributed by atoms with E-state index in [9.17, 15) is 9.59 Å². The Hall–Kier alpha value is -2.30. The summed E-state index contributed by atoms with van der Waals surface area (Å²) in [6, 6.07) is 7.51. The summed E-state index contributed by atoms with van der Waals surface area (Å²) < 4.78 is 5.62. The van der Waals surface area contributed by atoms with Crippen molar-refractivity contribution in [2.75, 3.05) is 0 Å². The van der Waals surface area contributed by atoms with Gasteiger partial charge in [-0.1, -0.05) is 50.8 Å². The predicted octanol–water partition coefficient (Wildman–Crippen LogP) is 4.11. The molecule has 1 unspecified atom stereocenters. The SMILES string of the molecule is CCC(CC1CCCC1)C(=O)NNC(=O)c1oc2ccccc2c1C. The quantitative estimate of drug-likeness (QED) is 0.803. The molecule has 2 aromatic rings. The van der Waals surface area contributed by atoms with Crippen LogP contribution in [-0.4, -0.2) is 11.8 Å². The van der Waals surface area contributed by atoms with E-state index in [1.54, 1.807) is 0 Å². The minimum absolute atomic E-state index is 0.0554. The smallest absolute Gasteiger partial charge is 0.305 e. The Labute approximate surface area is 148 Å². The minimum Gasteiger partial charge on any atom is -0.451 e. The third-order valence-corrected chi connectivity index (χ3v) is 5.31. The maximum Gasteiger partial charge on any atom is 0.305 e. The first-order valence-electron chi connectivity index (χ1n) is 9.18. The van der Waals surface area contributed by atoms with Crippen molar-refractivity contribution in [3.05, 3.63) is 35.6 Å². The number of hydrogen-bond acceptors (Lipinski definition) is 3. The van der Waals surface area contributed by atoms with Crippen LogP contribution >= 0.6 is 0 Å². The summed E-state index contributed by atoms with van der Waals surface area (Å²) in [6.45, 7) is 3.86. The van der Waals surface area contributed by atoms with Crippen LogP contribution in [-0.2, 0) is 4.79 Å². The zero-order chi connectivity index (χ0) is 17.8. The summed E-state index contributed by atoms with van der Waals surface area (Å²) in [5.41, 5.74) is 6.54. The van der Waals surface area contributed by atoms with Crippen LogP contribution in [0.2, 0.25) is 0 Å². The fourth-order valence-corrected chi connectivity index (χ4v) is 3.78. The lowest BCUT2D eigenvalue weighted by molar-refractivity contribution is -0.126. The Morgan fingerprint density at radius 3 is 2.60 bits per heavy atom. The number of para-hydroxylation sites is 1. The Morgan fingerprint density at radius 1 is 1.20 bits per heavy atom. The van der Waals surface area contributed by atoms with Crippen molar-refractivity contribution in [2.24, 2.45) is 11.8 Å². The van der Waals surface area contributed by atoms with Crippen molar-refractivity contribution < 1.29 is 14.0 Å². The number of rotatable bonds is 5. The molecule has 1 fully saturated rings. The average molecular weight is 342 g/mol. The first kappa shape index (κ1) is 17.5. The fraction of sp³-hybridized carbons (Fsp3) is 0.500. The third kappa shape index (κ3) is 3.86. The molecule has 1 saturated carbocycles. The van der Waals surface area contributed by atoms with Gasteiger partial charge in [0.25, 0.3) is 0 Å². The van der Waals surface area contributed by atoms with E-state index >= 15 is 0 Å². The number of benzene rings is 1. The van der Waals surface area contributed by atoms with Gasteiger partial charge < -0.3 is 4.42 Å². The Kier molecular flexibility index (Phi) is 5.41. The molecular formula is C20H26N2O3. The van der Waals surface area contributed by atoms with Gasteiger partial charge in [-0.3, -0.25) is 20.4 Å². The van der Waals surface area contributed by atoms with Crippen LogP contribution in [0.5, 0.6) is 0 Å². The second-order valence-corrected chi connectivity index (χ2v) is 6.99. The van der Waals surface area contributed by atoms with Crippen LogP contribution in [0.4, 0.5) is 0 Å². The molecule has 1 atom stereocenters. The standard InChI is InChI=1S/C20H26N2O3/c1-3-15(12-14-8-4-5-9-14)19(23)21-22-20(24)18-13(2)16-10-6-7-11-17(16)25-18/h6-7,10-11,14-15H,3-5,8-9,12H2,1-2H3,(H,21,23)(H,22,24). The van der Waals surface area contributed by atoms with Crippen LogP contribution in [0.15, 0.2) is 28.7 Å². The number of amides is 2. The molecule has 5 heteroatoms. The van der Waals surface area contributed by atoms with Crippen molar-refractivity contribution in [3.63, 3.8) is 0 Å². The highest BCUT2D eigenvalue weighted by Gasteiger charge is 2.25. The Bertz CT molecular complexity index is 759. The number of carbonyl (C=O) groups excluding carboxylic acids is 2.